The van der Waals surface area contributed by atoms with Crippen LogP contribution in [0.3, 0.4) is 0 Å². The van der Waals surface area contributed by atoms with Crippen molar-refractivity contribution in [1.82, 2.24) is 14.5 Å². The molecular formula is C19H14N4O2S. The molecule has 2 heterocycles. The lowest BCUT2D eigenvalue weighted by Gasteiger charge is -2.04. The molecule has 0 spiro atoms. The molecule has 0 aliphatic carbocycles. The number of aromatic carboxylic acids is 1. The molecule has 4 rings (SSSR count). The summed E-state index contributed by atoms with van der Waals surface area (Å²) in [7, 11) is 0. The first-order valence-electron chi connectivity index (χ1n) is 7.84. The quantitative estimate of drug-likeness (QED) is 0.549. The summed E-state index contributed by atoms with van der Waals surface area (Å²) >= 11 is 1.47. The van der Waals surface area contributed by atoms with Crippen LogP contribution in [0.2, 0.25) is 0 Å². The predicted octanol–water partition coefficient (Wildman–Crippen LogP) is 4.44. The SMILES string of the molecule is O=C(O)c1cccc(Nc2nc(-c3ccc(-n4ccnc4)cc3)cs2)c1. The maximum Gasteiger partial charge on any atom is 0.335 e. The molecular weight excluding hydrogens is 348 g/mol. The lowest BCUT2D eigenvalue weighted by molar-refractivity contribution is 0.0697. The van der Waals surface area contributed by atoms with Gasteiger partial charge in [0.25, 0.3) is 0 Å². The maximum absolute atomic E-state index is 11.1. The highest BCUT2D eigenvalue weighted by molar-refractivity contribution is 7.14. The molecule has 2 aromatic heterocycles. The molecule has 0 saturated heterocycles. The van der Waals surface area contributed by atoms with E-state index in [0.717, 1.165) is 16.9 Å². The van der Waals surface area contributed by atoms with E-state index >= 15 is 0 Å². The second kappa shape index (κ2) is 6.81. The van der Waals surface area contributed by atoms with Crippen molar-refractivity contribution in [2.24, 2.45) is 0 Å². The summed E-state index contributed by atoms with van der Waals surface area (Å²) in [6.45, 7) is 0. The Bertz CT molecular complexity index is 1040. The largest absolute Gasteiger partial charge is 0.478 e. The van der Waals surface area contributed by atoms with Crippen molar-refractivity contribution in [3.63, 3.8) is 0 Å². The normalized spacial score (nSPS) is 10.6. The number of nitrogens with one attached hydrogen (secondary N) is 1. The lowest BCUT2D eigenvalue weighted by Crippen LogP contribution is -1.97. The zero-order valence-electron chi connectivity index (χ0n) is 13.5. The van der Waals surface area contributed by atoms with Crippen molar-refractivity contribution >= 4 is 28.1 Å². The van der Waals surface area contributed by atoms with Gasteiger partial charge in [0.1, 0.15) is 0 Å². The Morgan fingerprint density at radius 2 is 2.00 bits per heavy atom. The molecule has 2 N–H and O–H groups in total. The summed E-state index contributed by atoms with van der Waals surface area (Å²) in [4.78, 5) is 19.7. The third-order valence-corrected chi connectivity index (χ3v) is 4.59. The van der Waals surface area contributed by atoms with E-state index in [-0.39, 0.29) is 5.56 Å². The molecule has 0 bridgehead atoms. The van der Waals surface area contributed by atoms with Gasteiger partial charge in [-0.3, -0.25) is 0 Å². The Balaban J connectivity index is 1.53. The van der Waals surface area contributed by atoms with Gasteiger partial charge in [0.2, 0.25) is 0 Å². The molecule has 26 heavy (non-hydrogen) atoms. The van der Waals surface area contributed by atoms with Crippen LogP contribution in [0.25, 0.3) is 16.9 Å². The Hall–Kier alpha value is -3.45. The Kier molecular flexibility index (Phi) is 4.20. The van der Waals surface area contributed by atoms with Gasteiger partial charge < -0.3 is 15.0 Å². The van der Waals surface area contributed by atoms with Crippen molar-refractivity contribution in [3.8, 4) is 16.9 Å². The molecule has 7 heteroatoms. The summed E-state index contributed by atoms with van der Waals surface area (Å²) < 4.78 is 1.94. The van der Waals surface area contributed by atoms with Gasteiger partial charge in [-0.05, 0) is 30.3 Å². The van der Waals surface area contributed by atoms with Crippen LogP contribution in [0, 0.1) is 0 Å². The summed E-state index contributed by atoms with van der Waals surface area (Å²) in [5.74, 6) is -0.952. The highest BCUT2D eigenvalue weighted by Gasteiger charge is 2.07. The third kappa shape index (κ3) is 3.33. The number of anilines is 2. The van der Waals surface area contributed by atoms with E-state index in [1.54, 1.807) is 30.7 Å². The summed E-state index contributed by atoms with van der Waals surface area (Å²) in [5.41, 5.74) is 3.84. The van der Waals surface area contributed by atoms with Crippen LogP contribution in [-0.2, 0) is 0 Å². The summed E-state index contributed by atoms with van der Waals surface area (Å²) in [6.07, 6.45) is 5.39. The number of thiazole rings is 1. The zero-order chi connectivity index (χ0) is 17.9. The molecule has 0 fully saturated rings. The van der Waals surface area contributed by atoms with Crippen LogP contribution < -0.4 is 5.32 Å². The molecule has 0 unspecified atom stereocenters. The predicted molar refractivity (Wildman–Crippen MR) is 101 cm³/mol. The average molecular weight is 362 g/mol. The standard InChI is InChI=1S/C19H14N4O2S/c24-18(25)14-2-1-3-15(10-14)21-19-22-17(11-26-19)13-4-6-16(7-5-13)23-9-8-20-12-23/h1-12H,(H,21,22)(H,24,25). The number of carbonyl (C=O) groups is 1. The van der Waals surface area contributed by atoms with Crippen molar-refractivity contribution in [3.05, 3.63) is 78.2 Å². The molecule has 0 radical (unpaired) electrons. The molecule has 0 aliphatic heterocycles. The van der Waals surface area contributed by atoms with Gasteiger partial charge >= 0.3 is 5.97 Å². The molecule has 4 aromatic rings. The second-order valence-electron chi connectivity index (χ2n) is 5.57. The molecule has 128 valence electrons. The van der Waals surface area contributed by atoms with Crippen LogP contribution in [0.15, 0.2) is 72.6 Å². The average Bonchev–Trinajstić information content (AvgIpc) is 3.34. The van der Waals surface area contributed by atoms with Gasteiger partial charge in [0.05, 0.1) is 17.6 Å². The minimum atomic E-state index is -0.952. The van der Waals surface area contributed by atoms with Crippen molar-refractivity contribution in [2.75, 3.05) is 5.32 Å². The van der Waals surface area contributed by atoms with E-state index in [4.69, 9.17) is 5.11 Å². The Labute approximate surface area is 153 Å². The van der Waals surface area contributed by atoms with E-state index in [2.05, 4.69) is 15.3 Å². The van der Waals surface area contributed by atoms with E-state index in [1.165, 1.54) is 11.3 Å². The highest BCUT2D eigenvalue weighted by Crippen LogP contribution is 2.28. The fourth-order valence-corrected chi connectivity index (χ4v) is 3.27. The van der Waals surface area contributed by atoms with Gasteiger partial charge in [-0.2, -0.15) is 0 Å². The smallest absolute Gasteiger partial charge is 0.335 e. The highest BCUT2D eigenvalue weighted by atomic mass is 32.1. The summed E-state index contributed by atoms with van der Waals surface area (Å²) in [6, 6.07) is 14.7. The van der Waals surface area contributed by atoms with Gasteiger partial charge in [-0.15, -0.1) is 11.3 Å². The number of carboxylic acids is 1. The first-order chi connectivity index (χ1) is 12.7. The van der Waals surface area contributed by atoms with Crippen LogP contribution in [0.4, 0.5) is 10.8 Å². The van der Waals surface area contributed by atoms with Crippen molar-refractivity contribution in [2.45, 2.75) is 0 Å². The van der Waals surface area contributed by atoms with Gasteiger partial charge in [0, 0.05) is 34.7 Å². The fraction of sp³-hybridized carbons (Fsp3) is 0. The minimum absolute atomic E-state index is 0.238. The van der Waals surface area contributed by atoms with Crippen LogP contribution >= 0.6 is 11.3 Å². The molecule has 2 aromatic carbocycles. The molecule has 0 aliphatic rings. The van der Waals surface area contributed by atoms with E-state index < -0.39 is 5.97 Å². The second-order valence-corrected chi connectivity index (χ2v) is 6.42. The molecule has 0 atom stereocenters. The van der Waals surface area contributed by atoms with Crippen LogP contribution in [0.5, 0.6) is 0 Å². The minimum Gasteiger partial charge on any atom is -0.478 e. The van der Waals surface area contributed by atoms with E-state index in [1.807, 2.05) is 46.5 Å². The number of rotatable bonds is 5. The van der Waals surface area contributed by atoms with E-state index in [0.29, 0.717) is 10.8 Å². The number of carboxylic acid groups (broad SMARTS) is 1. The Morgan fingerprint density at radius 3 is 2.73 bits per heavy atom. The topological polar surface area (TPSA) is 80.0 Å². The van der Waals surface area contributed by atoms with E-state index in [9.17, 15) is 4.79 Å². The number of imidazole rings is 1. The number of aromatic nitrogens is 3. The monoisotopic (exact) mass is 362 g/mol. The van der Waals surface area contributed by atoms with Gasteiger partial charge in [-0.25, -0.2) is 14.8 Å². The third-order valence-electron chi connectivity index (χ3n) is 3.83. The van der Waals surface area contributed by atoms with Gasteiger partial charge in [-0.1, -0.05) is 18.2 Å². The number of nitrogens with zero attached hydrogens (tertiary/aromatic N) is 3. The molecule has 0 saturated carbocycles. The lowest BCUT2D eigenvalue weighted by atomic mass is 10.1. The number of hydrogen-bond donors (Lipinski definition) is 2. The first-order valence-corrected chi connectivity index (χ1v) is 8.72. The maximum atomic E-state index is 11.1. The number of benzene rings is 2. The Morgan fingerprint density at radius 1 is 1.15 bits per heavy atom. The molecule has 6 nitrogen and oxygen atoms in total. The van der Waals surface area contributed by atoms with Crippen LogP contribution in [-0.4, -0.2) is 25.6 Å². The van der Waals surface area contributed by atoms with Crippen molar-refractivity contribution in [1.29, 1.82) is 0 Å². The van der Waals surface area contributed by atoms with Gasteiger partial charge in [0.15, 0.2) is 5.13 Å². The zero-order valence-corrected chi connectivity index (χ0v) is 14.4. The first kappa shape index (κ1) is 16.0. The summed E-state index contributed by atoms with van der Waals surface area (Å²) in [5, 5.41) is 14.9. The van der Waals surface area contributed by atoms with Crippen LogP contribution in [0.1, 0.15) is 10.4 Å². The number of hydrogen-bond acceptors (Lipinski definition) is 5. The molecule has 0 amide bonds. The van der Waals surface area contributed by atoms with Crippen molar-refractivity contribution < 1.29 is 9.90 Å². The fourth-order valence-electron chi connectivity index (χ4n) is 2.53.